The average Bonchev–Trinajstić information content (AvgIpc) is 3.02. The molecule has 0 radical (unpaired) electrons. The van der Waals surface area contributed by atoms with Gasteiger partial charge >= 0.3 is 0 Å². The second kappa shape index (κ2) is 6.01. The summed E-state index contributed by atoms with van der Waals surface area (Å²) in [4.78, 5) is 16.6. The first-order valence-corrected chi connectivity index (χ1v) is 7.37. The summed E-state index contributed by atoms with van der Waals surface area (Å²) >= 11 is 1.43. The number of carbonyl (C=O) groups excluding carboxylic acids is 1. The largest absolute Gasteiger partial charge is 0.515 e. The highest BCUT2D eigenvalue weighted by Gasteiger charge is 2.32. The van der Waals surface area contributed by atoms with Gasteiger partial charge in [0, 0.05) is 6.42 Å². The minimum Gasteiger partial charge on any atom is -0.515 e. The Labute approximate surface area is 126 Å². The van der Waals surface area contributed by atoms with Gasteiger partial charge < -0.3 is 9.52 Å². The summed E-state index contributed by atoms with van der Waals surface area (Å²) in [5, 5.41) is 9.73. The van der Waals surface area contributed by atoms with Crippen molar-refractivity contribution in [2.75, 3.05) is 0 Å². The van der Waals surface area contributed by atoms with Crippen molar-refractivity contribution in [3.63, 3.8) is 0 Å². The SMILES string of the molecule is O=C1C[C@H](c2ccco2)SC(=Nc2ccccc2)/C1=C/O. The van der Waals surface area contributed by atoms with Gasteiger partial charge in [-0.3, -0.25) is 4.79 Å². The average molecular weight is 299 g/mol. The summed E-state index contributed by atoms with van der Waals surface area (Å²) in [6.07, 6.45) is 2.72. The number of aliphatic hydroxyl groups is 1. The van der Waals surface area contributed by atoms with Crippen molar-refractivity contribution < 1.29 is 14.3 Å². The maximum Gasteiger partial charge on any atom is 0.170 e. The predicted octanol–water partition coefficient (Wildman–Crippen LogP) is 4.20. The minimum absolute atomic E-state index is 0.112. The van der Waals surface area contributed by atoms with Crippen LogP contribution in [0.15, 0.2) is 70.0 Å². The standard InChI is InChI=1S/C16H13NO3S/c18-10-12-13(19)9-15(14-7-4-8-20-14)21-16(12)17-11-5-2-1-3-6-11/h1-8,10,15,18H,9H2/b12-10+,17-16?/t15-/m1/s1. The van der Waals surface area contributed by atoms with E-state index >= 15 is 0 Å². The number of thioether (sulfide) groups is 1. The highest BCUT2D eigenvalue weighted by Crippen LogP contribution is 2.41. The molecule has 1 aromatic carbocycles. The van der Waals surface area contributed by atoms with Crippen molar-refractivity contribution in [1.29, 1.82) is 0 Å². The first-order chi connectivity index (χ1) is 10.3. The molecule has 3 rings (SSSR count). The zero-order chi connectivity index (χ0) is 14.7. The summed E-state index contributed by atoms with van der Waals surface area (Å²) in [6.45, 7) is 0. The molecule has 1 fully saturated rings. The monoisotopic (exact) mass is 299 g/mol. The summed E-state index contributed by atoms with van der Waals surface area (Å²) in [7, 11) is 0. The molecule has 2 heterocycles. The maximum atomic E-state index is 12.2. The summed E-state index contributed by atoms with van der Waals surface area (Å²) in [5.41, 5.74) is 0.999. The van der Waals surface area contributed by atoms with Crippen molar-refractivity contribution in [2.24, 2.45) is 4.99 Å². The van der Waals surface area contributed by atoms with Gasteiger partial charge in [-0.25, -0.2) is 4.99 Å². The van der Waals surface area contributed by atoms with Crippen LogP contribution in [0.2, 0.25) is 0 Å². The van der Waals surface area contributed by atoms with Crippen molar-refractivity contribution in [3.05, 3.63) is 66.3 Å². The molecular weight excluding hydrogens is 286 g/mol. The molecule has 0 spiro atoms. The molecule has 1 saturated heterocycles. The van der Waals surface area contributed by atoms with Gasteiger partial charge in [0.1, 0.15) is 10.8 Å². The predicted molar refractivity (Wildman–Crippen MR) is 82.9 cm³/mol. The number of nitrogens with zero attached hydrogens (tertiary/aromatic N) is 1. The zero-order valence-corrected chi connectivity index (χ0v) is 11.9. The van der Waals surface area contributed by atoms with Crippen LogP contribution >= 0.6 is 11.8 Å². The molecule has 1 N–H and O–H groups in total. The third-order valence-electron chi connectivity index (χ3n) is 3.13. The summed E-state index contributed by atoms with van der Waals surface area (Å²) in [5.74, 6) is 0.610. The van der Waals surface area contributed by atoms with Crippen LogP contribution in [0.5, 0.6) is 0 Å². The van der Waals surface area contributed by atoms with Crippen molar-refractivity contribution in [1.82, 2.24) is 0 Å². The van der Waals surface area contributed by atoms with Crippen molar-refractivity contribution in [3.8, 4) is 0 Å². The van der Waals surface area contributed by atoms with Gasteiger partial charge in [0.05, 0.1) is 29.0 Å². The van der Waals surface area contributed by atoms with E-state index in [1.54, 1.807) is 12.3 Å². The molecule has 21 heavy (non-hydrogen) atoms. The van der Waals surface area contributed by atoms with Gasteiger partial charge in [-0.15, -0.1) is 0 Å². The Hall–Kier alpha value is -2.27. The third kappa shape index (κ3) is 2.92. The smallest absolute Gasteiger partial charge is 0.170 e. The number of hydrogen-bond acceptors (Lipinski definition) is 5. The molecule has 1 aliphatic rings. The van der Waals surface area contributed by atoms with Gasteiger partial charge in [0.25, 0.3) is 0 Å². The number of furan rings is 1. The van der Waals surface area contributed by atoms with E-state index in [1.165, 1.54) is 11.8 Å². The Kier molecular flexibility index (Phi) is 3.92. The first-order valence-electron chi connectivity index (χ1n) is 6.49. The molecule has 1 aliphatic heterocycles. The Balaban J connectivity index is 1.95. The van der Waals surface area contributed by atoms with Crippen molar-refractivity contribution >= 4 is 28.3 Å². The lowest BCUT2D eigenvalue weighted by Gasteiger charge is -2.21. The Morgan fingerprint density at radius 3 is 2.71 bits per heavy atom. The fourth-order valence-corrected chi connectivity index (χ4v) is 3.31. The van der Waals surface area contributed by atoms with Gasteiger partial charge in [-0.2, -0.15) is 0 Å². The second-order valence-corrected chi connectivity index (χ2v) is 5.74. The third-order valence-corrected chi connectivity index (χ3v) is 4.35. The number of aliphatic imine (C=N–C) groups is 1. The lowest BCUT2D eigenvalue weighted by molar-refractivity contribution is -0.115. The number of rotatable bonds is 2. The lowest BCUT2D eigenvalue weighted by Crippen LogP contribution is -2.20. The van der Waals surface area contributed by atoms with Crippen LogP contribution < -0.4 is 0 Å². The highest BCUT2D eigenvalue weighted by atomic mass is 32.2. The summed E-state index contributed by atoms with van der Waals surface area (Å²) in [6, 6.07) is 13.0. The van der Waals surface area contributed by atoms with Crippen LogP contribution in [-0.4, -0.2) is 15.9 Å². The first kappa shape index (κ1) is 13.7. The van der Waals surface area contributed by atoms with Gasteiger partial charge in [-0.05, 0) is 24.3 Å². The molecule has 1 atom stereocenters. The van der Waals surface area contributed by atoms with Crippen LogP contribution in [0.25, 0.3) is 0 Å². The number of benzene rings is 1. The fourth-order valence-electron chi connectivity index (χ4n) is 2.10. The molecule has 106 valence electrons. The summed E-state index contributed by atoms with van der Waals surface area (Å²) < 4.78 is 5.38. The van der Waals surface area contributed by atoms with Crippen LogP contribution in [-0.2, 0) is 4.79 Å². The van der Waals surface area contributed by atoms with E-state index in [0.29, 0.717) is 11.5 Å². The minimum atomic E-state index is -0.132. The van der Waals surface area contributed by atoms with E-state index in [0.717, 1.165) is 17.7 Å². The van der Waals surface area contributed by atoms with Gasteiger partial charge in [0.15, 0.2) is 5.78 Å². The van der Waals surface area contributed by atoms with E-state index in [4.69, 9.17) is 4.42 Å². The number of Topliss-reactive ketones (excluding diaryl/α,β-unsaturated/α-hetero) is 1. The van der Waals surface area contributed by atoms with Crippen LogP contribution in [0.1, 0.15) is 17.4 Å². The number of aliphatic hydroxyl groups excluding tert-OH is 1. The number of hydrogen-bond donors (Lipinski definition) is 1. The lowest BCUT2D eigenvalue weighted by atomic mass is 10.1. The van der Waals surface area contributed by atoms with Gasteiger partial charge in [-0.1, -0.05) is 30.0 Å². The van der Waals surface area contributed by atoms with E-state index < -0.39 is 0 Å². The Morgan fingerprint density at radius 1 is 1.24 bits per heavy atom. The van der Waals surface area contributed by atoms with E-state index in [-0.39, 0.29) is 16.6 Å². The van der Waals surface area contributed by atoms with E-state index in [1.807, 2.05) is 36.4 Å². The second-order valence-electron chi connectivity index (χ2n) is 4.54. The molecule has 5 heteroatoms. The molecule has 0 bridgehead atoms. The van der Waals surface area contributed by atoms with E-state index in [2.05, 4.69) is 4.99 Å². The molecule has 0 amide bonds. The molecular formula is C16H13NO3S. The zero-order valence-electron chi connectivity index (χ0n) is 11.1. The number of ketones is 1. The van der Waals surface area contributed by atoms with Crippen LogP contribution in [0, 0.1) is 0 Å². The molecule has 4 nitrogen and oxygen atoms in total. The number of para-hydroxylation sites is 1. The Morgan fingerprint density at radius 2 is 2.05 bits per heavy atom. The highest BCUT2D eigenvalue weighted by molar-refractivity contribution is 8.14. The maximum absolute atomic E-state index is 12.2. The van der Waals surface area contributed by atoms with Crippen molar-refractivity contribution in [2.45, 2.75) is 11.7 Å². The molecule has 0 aliphatic carbocycles. The van der Waals surface area contributed by atoms with E-state index in [9.17, 15) is 9.90 Å². The van der Waals surface area contributed by atoms with Crippen LogP contribution in [0.4, 0.5) is 5.69 Å². The molecule has 0 unspecified atom stereocenters. The van der Waals surface area contributed by atoms with Crippen LogP contribution in [0.3, 0.4) is 0 Å². The topological polar surface area (TPSA) is 62.8 Å². The Bertz CT molecular complexity index is 690. The molecule has 2 aromatic rings. The molecule has 1 aromatic heterocycles. The van der Waals surface area contributed by atoms with Gasteiger partial charge in [0.2, 0.25) is 0 Å². The normalized spacial score (nSPS) is 22.9. The molecule has 0 saturated carbocycles. The number of carbonyl (C=O) groups is 1. The fraction of sp³-hybridized carbons (Fsp3) is 0.125. The quantitative estimate of drug-likeness (QED) is 0.667.